The zero-order chi connectivity index (χ0) is 15.0. The Morgan fingerprint density at radius 2 is 1.90 bits per heavy atom. The largest absolute Gasteiger partial charge is 0.357 e. The highest BCUT2D eigenvalue weighted by Gasteiger charge is 2.15. The predicted molar refractivity (Wildman–Crippen MR) is 75.9 cm³/mol. The summed E-state index contributed by atoms with van der Waals surface area (Å²) in [6.07, 6.45) is 2.91. The van der Waals surface area contributed by atoms with E-state index in [9.17, 15) is 0 Å². The highest BCUT2D eigenvalue weighted by atomic mass is 35.5. The van der Waals surface area contributed by atoms with Crippen molar-refractivity contribution in [1.82, 2.24) is 39.5 Å². The number of anilines is 1. The fourth-order valence-corrected chi connectivity index (χ4v) is 1.91. The third-order valence-corrected chi connectivity index (χ3v) is 3.40. The zero-order valence-electron chi connectivity index (χ0n) is 11.6. The van der Waals surface area contributed by atoms with Gasteiger partial charge in [-0.1, -0.05) is 11.6 Å². The van der Waals surface area contributed by atoms with Gasteiger partial charge in [0.15, 0.2) is 0 Å². The van der Waals surface area contributed by atoms with Gasteiger partial charge in [0, 0.05) is 7.05 Å². The molecule has 108 valence electrons. The molecule has 0 amide bonds. The van der Waals surface area contributed by atoms with Crippen LogP contribution in [0, 0.1) is 13.8 Å². The Hall–Kier alpha value is -2.55. The SMILES string of the molecule is CNc1nc(-n2cncn2)nc(-n2nc(C)c(Cl)c2C)n1. The number of hydrogen-bond acceptors (Lipinski definition) is 7. The molecule has 3 aromatic rings. The van der Waals surface area contributed by atoms with Crippen molar-refractivity contribution in [3.05, 3.63) is 29.1 Å². The molecular formula is C11H12ClN9. The Bertz CT molecular complexity index is 777. The van der Waals surface area contributed by atoms with Gasteiger partial charge in [-0.3, -0.25) is 0 Å². The summed E-state index contributed by atoms with van der Waals surface area (Å²) in [7, 11) is 1.72. The zero-order valence-corrected chi connectivity index (χ0v) is 12.4. The van der Waals surface area contributed by atoms with Crippen LogP contribution in [0.15, 0.2) is 12.7 Å². The lowest BCUT2D eigenvalue weighted by Gasteiger charge is -2.07. The minimum atomic E-state index is 0.338. The lowest BCUT2D eigenvalue weighted by Crippen LogP contribution is -2.13. The van der Waals surface area contributed by atoms with Gasteiger partial charge >= 0.3 is 0 Å². The number of aromatic nitrogens is 8. The van der Waals surface area contributed by atoms with Gasteiger partial charge in [0.1, 0.15) is 12.7 Å². The summed E-state index contributed by atoms with van der Waals surface area (Å²) in [5, 5.41) is 11.8. The van der Waals surface area contributed by atoms with Crippen LogP contribution in [0.5, 0.6) is 0 Å². The molecule has 0 saturated heterocycles. The van der Waals surface area contributed by atoms with Crippen LogP contribution in [0.1, 0.15) is 11.4 Å². The maximum atomic E-state index is 6.16. The van der Waals surface area contributed by atoms with Crippen molar-refractivity contribution in [3.8, 4) is 11.9 Å². The first-order valence-electron chi connectivity index (χ1n) is 6.11. The molecule has 0 spiro atoms. The van der Waals surface area contributed by atoms with Gasteiger partial charge in [-0.2, -0.15) is 29.8 Å². The fourth-order valence-electron chi connectivity index (χ4n) is 1.79. The van der Waals surface area contributed by atoms with Crippen LogP contribution >= 0.6 is 11.6 Å². The summed E-state index contributed by atoms with van der Waals surface area (Å²) in [5.41, 5.74) is 1.47. The van der Waals surface area contributed by atoms with Crippen molar-refractivity contribution in [2.75, 3.05) is 12.4 Å². The highest BCUT2D eigenvalue weighted by Crippen LogP contribution is 2.21. The van der Waals surface area contributed by atoms with Gasteiger partial charge in [-0.25, -0.2) is 9.67 Å². The molecule has 3 aromatic heterocycles. The predicted octanol–water partition coefficient (Wildman–Crippen LogP) is 0.950. The van der Waals surface area contributed by atoms with E-state index in [-0.39, 0.29) is 0 Å². The van der Waals surface area contributed by atoms with Crippen molar-refractivity contribution in [1.29, 1.82) is 0 Å². The second-order valence-electron chi connectivity index (χ2n) is 4.25. The summed E-state index contributed by atoms with van der Waals surface area (Å²) in [6.45, 7) is 3.67. The van der Waals surface area contributed by atoms with Crippen molar-refractivity contribution in [3.63, 3.8) is 0 Å². The van der Waals surface area contributed by atoms with E-state index in [1.54, 1.807) is 11.7 Å². The molecule has 10 heteroatoms. The van der Waals surface area contributed by atoms with Crippen LogP contribution in [0.25, 0.3) is 11.9 Å². The van der Waals surface area contributed by atoms with E-state index >= 15 is 0 Å². The Labute approximate surface area is 125 Å². The van der Waals surface area contributed by atoms with Gasteiger partial charge in [-0.15, -0.1) is 0 Å². The first kappa shape index (κ1) is 13.4. The van der Waals surface area contributed by atoms with E-state index in [1.165, 1.54) is 17.3 Å². The number of rotatable bonds is 3. The van der Waals surface area contributed by atoms with E-state index in [4.69, 9.17) is 11.6 Å². The Balaban J connectivity index is 2.18. The molecule has 0 aliphatic carbocycles. The van der Waals surface area contributed by atoms with Crippen LogP contribution in [-0.2, 0) is 0 Å². The van der Waals surface area contributed by atoms with Gasteiger partial charge in [0.2, 0.25) is 5.95 Å². The monoisotopic (exact) mass is 305 g/mol. The molecule has 0 saturated carbocycles. The quantitative estimate of drug-likeness (QED) is 0.769. The maximum absolute atomic E-state index is 6.16. The van der Waals surface area contributed by atoms with E-state index in [2.05, 4.69) is 35.5 Å². The standard InChI is InChI=1S/C11H12ClN9/c1-6-8(12)7(2)21(19-6)11-17-9(13-3)16-10(18-11)20-5-14-4-15-20/h4-5H,1-3H3,(H,13,16,17,18). The normalized spacial score (nSPS) is 10.9. The molecule has 0 unspecified atom stereocenters. The van der Waals surface area contributed by atoms with Crippen molar-refractivity contribution in [2.24, 2.45) is 0 Å². The summed E-state index contributed by atoms with van der Waals surface area (Å²) in [5.74, 6) is 1.09. The van der Waals surface area contributed by atoms with Gasteiger partial charge in [0.05, 0.1) is 16.4 Å². The highest BCUT2D eigenvalue weighted by molar-refractivity contribution is 6.31. The molecule has 0 bridgehead atoms. The lowest BCUT2D eigenvalue weighted by molar-refractivity contribution is 0.730. The Kier molecular flexibility index (Phi) is 3.26. The minimum absolute atomic E-state index is 0.338. The summed E-state index contributed by atoms with van der Waals surface area (Å²) >= 11 is 6.16. The molecular weight excluding hydrogens is 294 g/mol. The number of hydrogen-bond donors (Lipinski definition) is 1. The average Bonchev–Trinajstić information content (AvgIpc) is 3.12. The molecule has 3 heterocycles. The third-order valence-electron chi connectivity index (χ3n) is 2.85. The third kappa shape index (κ3) is 2.31. The Morgan fingerprint density at radius 3 is 2.48 bits per heavy atom. The van der Waals surface area contributed by atoms with Crippen LogP contribution in [0.3, 0.4) is 0 Å². The molecule has 1 N–H and O–H groups in total. The second-order valence-corrected chi connectivity index (χ2v) is 4.62. The molecule has 0 fully saturated rings. The molecule has 0 aliphatic heterocycles. The average molecular weight is 306 g/mol. The fraction of sp³-hybridized carbons (Fsp3) is 0.273. The van der Waals surface area contributed by atoms with Gasteiger partial charge in [-0.05, 0) is 13.8 Å². The van der Waals surface area contributed by atoms with E-state index in [0.29, 0.717) is 28.6 Å². The van der Waals surface area contributed by atoms with Crippen molar-refractivity contribution < 1.29 is 0 Å². The van der Waals surface area contributed by atoms with Gasteiger partial charge < -0.3 is 5.32 Å². The maximum Gasteiger partial charge on any atom is 0.258 e. The number of aryl methyl sites for hydroxylation is 1. The summed E-state index contributed by atoms with van der Waals surface area (Å²) in [6, 6.07) is 0. The molecule has 21 heavy (non-hydrogen) atoms. The van der Waals surface area contributed by atoms with Crippen molar-refractivity contribution >= 4 is 17.5 Å². The van der Waals surface area contributed by atoms with E-state index < -0.39 is 0 Å². The number of halogens is 1. The molecule has 0 aromatic carbocycles. The molecule has 3 rings (SSSR count). The van der Waals surface area contributed by atoms with Crippen LogP contribution < -0.4 is 5.32 Å². The molecule has 0 atom stereocenters. The van der Waals surface area contributed by atoms with E-state index in [1.807, 2.05) is 13.8 Å². The number of nitrogens with zero attached hydrogens (tertiary/aromatic N) is 8. The first-order valence-corrected chi connectivity index (χ1v) is 6.49. The Morgan fingerprint density at radius 1 is 1.14 bits per heavy atom. The minimum Gasteiger partial charge on any atom is -0.357 e. The van der Waals surface area contributed by atoms with Crippen LogP contribution in [0.2, 0.25) is 5.02 Å². The summed E-state index contributed by atoms with van der Waals surface area (Å²) < 4.78 is 3.01. The second kappa shape index (κ2) is 5.09. The molecule has 9 nitrogen and oxygen atoms in total. The summed E-state index contributed by atoms with van der Waals surface area (Å²) in [4.78, 5) is 16.8. The van der Waals surface area contributed by atoms with Gasteiger partial charge in [0.25, 0.3) is 11.9 Å². The number of nitrogens with one attached hydrogen (secondary N) is 1. The first-order chi connectivity index (χ1) is 10.1. The molecule has 0 aliphatic rings. The van der Waals surface area contributed by atoms with Crippen LogP contribution in [-0.4, -0.2) is 46.5 Å². The van der Waals surface area contributed by atoms with E-state index in [0.717, 1.165) is 5.69 Å². The lowest BCUT2D eigenvalue weighted by atomic mass is 10.4. The topological polar surface area (TPSA) is 99.2 Å². The van der Waals surface area contributed by atoms with Crippen LogP contribution in [0.4, 0.5) is 5.95 Å². The molecule has 0 radical (unpaired) electrons. The van der Waals surface area contributed by atoms with Crippen molar-refractivity contribution in [2.45, 2.75) is 13.8 Å². The smallest absolute Gasteiger partial charge is 0.258 e.